The van der Waals surface area contributed by atoms with Crippen molar-refractivity contribution in [1.29, 1.82) is 0 Å². The van der Waals surface area contributed by atoms with Gasteiger partial charge < -0.3 is 4.74 Å². The fraction of sp³-hybridized carbons (Fsp3) is 0.100. The van der Waals surface area contributed by atoms with Gasteiger partial charge >= 0.3 is 0 Å². The van der Waals surface area contributed by atoms with Crippen LogP contribution in [0.25, 0.3) is 10.8 Å². The molecule has 0 aliphatic carbocycles. The van der Waals surface area contributed by atoms with E-state index in [0.717, 1.165) is 22.9 Å². The first kappa shape index (κ1) is 18.3. The number of benzene rings is 3. The molecule has 2 N–H and O–H groups in total. The second-order valence-corrected chi connectivity index (χ2v) is 5.84. The molecular weight excluding hydrogens is 354 g/mol. The number of ether oxygens (including phenoxy) is 1. The quantitative estimate of drug-likeness (QED) is 0.692. The maximum Gasteiger partial charge on any atom is 0.279 e. The molecule has 27 heavy (non-hydrogen) atoms. The molecule has 0 aliphatic heterocycles. The monoisotopic (exact) mass is 370 g/mol. The number of carbonyl (C=O) groups excluding carboxylic acids is 2. The highest BCUT2D eigenvalue weighted by atomic mass is 19.1. The Morgan fingerprint density at radius 1 is 0.926 bits per heavy atom. The van der Waals surface area contributed by atoms with Gasteiger partial charge in [-0.3, -0.25) is 20.4 Å². The molecule has 0 heterocycles. The van der Waals surface area contributed by atoms with E-state index in [1.165, 1.54) is 6.92 Å². The molecular formula is C20H16F2N2O3. The van der Waals surface area contributed by atoms with Crippen molar-refractivity contribution >= 4 is 22.6 Å². The van der Waals surface area contributed by atoms with Crippen molar-refractivity contribution in [3.8, 4) is 5.75 Å². The minimum Gasteiger partial charge on any atom is -0.481 e. The van der Waals surface area contributed by atoms with Crippen molar-refractivity contribution in [2.75, 3.05) is 0 Å². The molecule has 0 radical (unpaired) electrons. The number of carbonyl (C=O) groups is 2. The zero-order valence-corrected chi connectivity index (χ0v) is 14.3. The lowest BCUT2D eigenvalue weighted by atomic mass is 10.1. The van der Waals surface area contributed by atoms with Gasteiger partial charge in [0.15, 0.2) is 6.10 Å². The smallest absolute Gasteiger partial charge is 0.279 e. The maximum absolute atomic E-state index is 13.6. The average molecular weight is 370 g/mol. The van der Waals surface area contributed by atoms with Gasteiger partial charge in [-0.1, -0.05) is 30.3 Å². The van der Waals surface area contributed by atoms with Crippen LogP contribution in [0.4, 0.5) is 8.78 Å². The first-order chi connectivity index (χ1) is 12.9. The van der Waals surface area contributed by atoms with Gasteiger partial charge in [0.05, 0.1) is 5.56 Å². The van der Waals surface area contributed by atoms with Crippen LogP contribution in [-0.2, 0) is 4.79 Å². The Morgan fingerprint density at radius 3 is 2.41 bits per heavy atom. The lowest BCUT2D eigenvalue weighted by Crippen LogP contribution is -2.47. The third-order valence-corrected chi connectivity index (χ3v) is 3.88. The van der Waals surface area contributed by atoms with Gasteiger partial charge in [0, 0.05) is 6.07 Å². The predicted molar refractivity (Wildman–Crippen MR) is 96.0 cm³/mol. The van der Waals surface area contributed by atoms with Crippen LogP contribution < -0.4 is 15.6 Å². The standard InChI is InChI=1S/C20H16F2N2O3/c1-12(27-16-8-6-13-4-2-3-5-14(13)10-16)19(25)23-24-20(26)17-9-7-15(21)11-18(17)22/h2-12H,1H3,(H,23,25)(H,24,26)/t12-/m1/s1. The predicted octanol–water partition coefficient (Wildman–Crippen LogP) is 3.35. The van der Waals surface area contributed by atoms with E-state index in [0.29, 0.717) is 11.8 Å². The third kappa shape index (κ3) is 4.38. The Bertz CT molecular complexity index is 1010. The number of halogens is 2. The van der Waals surface area contributed by atoms with Crippen molar-refractivity contribution in [2.45, 2.75) is 13.0 Å². The number of amides is 2. The van der Waals surface area contributed by atoms with Crippen molar-refractivity contribution < 1.29 is 23.1 Å². The number of hydrazine groups is 1. The number of rotatable bonds is 4. The van der Waals surface area contributed by atoms with Gasteiger partial charge in [0.25, 0.3) is 11.8 Å². The van der Waals surface area contributed by atoms with E-state index in [2.05, 4.69) is 10.9 Å². The van der Waals surface area contributed by atoms with E-state index in [1.807, 2.05) is 30.3 Å². The Balaban J connectivity index is 1.59. The summed E-state index contributed by atoms with van der Waals surface area (Å²) in [6.07, 6.45) is -0.912. The minimum atomic E-state index is -1.03. The summed E-state index contributed by atoms with van der Waals surface area (Å²) < 4.78 is 32.0. The maximum atomic E-state index is 13.6. The number of nitrogens with one attached hydrogen (secondary N) is 2. The van der Waals surface area contributed by atoms with Gasteiger partial charge in [-0.05, 0) is 42.0 Å². The fourth-order valence-electron chi connectivity index (χ4n) is 2.46. The lowest BCUT2D eigenvalue weighted by molar-refractivity contribution is -0.128. The van der Waals surface area contributed by atoms with Crippen LogP contribution in [0.1, 0.15) is 17.3 Å². The largest absolute Gasteiger partial charge is 0.481 e. The molecule has 1 atom stereocenters. The molecule has 7 heteroatoms. The number of hydrogen-bond donors (Lipinski definition) is 2. The van der Waals surface area contributed by atoms with Crippen molar-refractivity contribution in [3.63, 3.8) is 0 Å². The van der Waals surface area contributed by atoms with E-state index in [9.17, 15) is 18.4 Å². The molecule has 2 amide bonds. The lowest BCUT2D eigenvalue weighted by Gasteiger charge is -2.15. The molecule has 0 aliphatic rings. The van der Waals surface area contributed by atoms with Crippen LogP contribution in [0.3, 0.4) is 0 Å². The number of fused-ring (bicyclic) bond motifs is 1. The molecule has 138 valence electrons. The summed E-state index contributed by atoms with van der Waals surface area (Å²) >= 11 is 0. The summed E-state index contributed by atoms with van der Waals surface area (Å²) in [6, 6.07) is 15.6. The minimum absolute atomic E-state index is 0.389. The molecule has 0 unspecified atom stereocenters. The van der Waals surface area contributed by atoms with Crippen LogP contribution in [0, 0.1) is 11.6 Å². The van der Waals surface area contributed by atoms with Crippen molar-refractivity contribution in [2.24, 2.45) is 0 Å². The zero-order valence-electron chi connectivity index (χ0n) is 14.3. The Morgan fingerprint density at radius 2 is 1.67 bits per heavy atom. The topological polar surface area (TPSA) is 67.4 Å². The van der Waals surface area contributed by atoms with Crippen molar-refractivity contribution in [3.05, 3.63) is 77.9 Å². The normalized spacial score (nSPS) is 11.7. The van der Waals surface area contributed by atoms with E-state index < -0.39 is 29.6 Å². The summed E-state index contributed by atoms with van der Waals surface area (Å²) in [7, 11) is 0. The van der Waals surface area contributed by atoms with E-state index in [-0.39, 0.29) is 5.56 Å². The Kier molecular flexibility index (Phi) is 5.30. The highest BCUT2D eigenvalue weighted by Crippen LogP contribution is 2.21. The molecule has 5 nitrogen and oxygen atoms in total. The van der Waals surface area contributed by atoms with Crippen LogP contribution >= 0.6 is 0 Å². The van der Waals surface area contributed by atoms with Gasteiger partial charge in [0.1, 0.15) is 17.4 Å². The third-order valence-electron chi connectivity index (χ3n) is 3.88. The molecule has 0 aromatic heterocycles. The highest BCUT2D eigenvalue weighted by Gasteiger charge is 2.17. The van der Waals surface area contributed by atoms with Gasteiger partial charge in [-0.25, -0.2) is 8.78 Å². The molecule has 0 spiro atoms. The molecule has 3 rings (SSSR count). The molecule has 0 saturated carbocycles. The number of hydrogen-bond acceptors (Lipinski definition) is 3. The summed E-state index contributed by atoms with van der Waals surface area (Å²) in [4.78, 5) is 24.0. The Labute approximate surface area is 153 Å². The molecule has 0 fully saturated rings. The van der Waals surface area contributed by atoms with Gasteiger partial charge in [0.2, 0.25) is 0 Å². The van der Waals surface area contributed by atoms with Crippen LogP contribution in [0.2, 0.25) is 0 Å². The second kappa shape index (κ2) is 7.82. The van der Waals surface area contributed by atoms with Gasteiger partial charge in [-0.2, -0.15) is 0 Å². The molecule has 0 bridgehead atoms. The average Bonchev–Trinajstić information content (AvgIpc) is 2.65. The van der Waals surface area contributed by atoms with E-state index >= 15 is 0 Å². The first-order valence-electron chi connectivity index (χ1n) is 8.15. The second-order valence-electron chi connectivity index (χ2n) is 5.84. The molecule has 0 saturated heterocycles. The van der Waals surface area contributed by atoms with Crippen LogP contribution in [0.5, 0.6) is 5.75 Å². The molecule has 3 aromatic rings. The summed E-state index contributed by atoms with van der Waals surface area (Å²) in [5.41, 5.74) is 3.84. The summed E-state index contributed by atoms with van der Waals surface area (Å²) in [6.45, 7) is 1.51. The Hall–Kier alpha value is -3.48. The fourth-order valence-corrected chi connectivity index (χ4v) is 2.46. The molecule has 3 aromatic carbocycles. The van der Waals surface area contributed by atoms with Crippen molar-refractivity contribution in [1.82, 2.24) is 10.9 Å². The van der Waals surface area contributed by atoms with E-state index in [4.69, 9.17) is 4.74 Å². The van der Waals surface area contributed by atoms with Crippen LogP contribution in [0.15, 0.2) is 60.7 Å². The van der Waals surface area contributed by atoms with E-state index in [1.54, 1.807) is 12.1 Å². The highest BCUT2D eigenvalue weighted by molar-refractivity contribution is 5.96. The first-order valence-corrected chi connectivity index (χ1v) is 8.15. The SMILES string of the molecule is C[C@@H](Oc1ccc2ccccc2c1)C(=O)NNC(=O)c1ccc(F)cc1F. The summed E-state index contributed by atoms with van der Waals surface area (Å²) in [5.74, 6) is -2.86. The van der Waals surface area contributed by atoms with Gasteiger partial charge in [-0.15, -0.1) is 0 Å². The summed E-state index contributed by atoms with van der Waals surface area (Å²) in [5, 5.41) is 2.00. The van der Waals surface area contributed by atoms with Crippen LogP contribution in [-0.4, -0.2) is 17.9 Å². The zero-order chi connectivity index (χ0) is 19.4.